The fraction of sp³-hybridized carbons (Fsp3) is 0.423. The first-order chi connectivity index (χ1) is 16.4. The predicted molar refractivity (Wildman–Crippen MR) is 125 cm³/mol. The van der Waals surface area contributed by atoms with Crippen LogP contribution in [0.1, 0.15) is 36.8 Å². The Morgan fingerprint density at radius 3 is 2.26 bits per heavy atom. The molecule has 0 radical (unpaired) electrons. The highest BCUT2D eigenvalue weighted by atomic mass is 16.5. The first-order valence-electron chi connectivity index (χ1n) is 11.5. The van der Waals surface area contributed by atoms with E-state index in [0.717, 1.165) is 22.3 Å². The van der Waals surface area contributed by atoms with Gasteiger partial charge < -0.3 is 24.8 Å². The van der Waals surface area contributed by atoms with E-state index in [1.165, 1.54) is 7.11 Å². The van der Waals surface area contributed by atoms with Crippen LogP contribution in [0.25, 0.3) is 11.1 Å². The Hall–Kier alpha value is -3.39. The lowest BCUT2D eigenvalue weighted by molar-refractivity contribution is -0.143. The minimum Gasteiger partial charge on any atom is -0.481 e. The highest BCUT2D eigenvalue weighted by Crippen LogP contribution is 2.44. The molecule has 3 atom stereocenters. The Morgan fingerprint density at radius 1 is 1.09 bits per heavy atom. The van der Waals surface area contributed by atoms with Crippen LogP contribution in [0, 0.1) is 5.92 Å². The van der Waals surface area contributed by atoms with E-state index in [4.69, 9.17) is 9.47 Å². The molecule has 1 saturated heterocycles. The number of benzene rings is 2. The third-order valence-electron chi connectivity index (χ3n) is 6.95. The first-order valence-corrected chi connectivity index (χ1v) is 11.5. The van der Waals surface area contributed by atoms with Crippen molar-refractivity contribution in [2.24, 2.45) is 5.92 Å². The quantitative estimate of drug-likeness (QED) is 0.619. The summed E-state index contributed by atoms with van der Waals surface area (Å²) >= 11 is 0. The number of nitrogens with zero attached hydrogens (tertiary/aromatic N) is 1. The van der Waals surface area contributed by atoms with Gasteiger partial charge in [-0.1, -0.05) is 48.5 Å². The molecule has 4 rings (SSSR count). The van der Waals surface area contributed by atoms with Crippen molar-refractivity contribution >= 4 is 18.0 Å². The third-order valence-corrected chi connectivity index (χ3v) is 6.95. The second-order valence-corrected chi connectivity index (χ2v) is 8.83. The molecule has 180 valence electrons. The minimum atomic E-state index is -0.886. The number of carboxylic acid groups (broad SMARTS) is 1. The summed E-state index contributed by atoms with van der Waals surface area (Å²) in [6.07, 6.45) is -0.616. The summed E-state index contributed by atoms with van der Waals surface area (Å²) < 4.78 is 10.9. The monoisotopic (exact) mass is 466 g/mol. The number of fused-ring (bicyclic) bond motifs is 3. The molecule has 2 N–H and O–H groups in total. The van der Waals surface area contributed by atoms with E-state index in [-0.39, 0.29) is 37.4 Å². The second-order valence-electron chi connectivity index (χ2n) is 8.83. The molecule has 2 aromatic rings. The van der Waals surface area contributed by atoms with Gasteiger partial charge in [-0.2, -0.15) is 0 Å². The van der Waals surface area contributed by atoms with Crippen LogP contribution in [0.2, 0.25) is 0 Å². The van der Waals surface area contributed by atoms with Gasteiger partial charge in [-0.3, -0.25) is 9.59 Å². The van der Waals surface area contributed by atoms with Crippen LogP contribution in [-0.2, 0) is 19.1 Å². The van der Waals surface area contributed by atoms with Gasteiger partial charge in [0.1, 0.15) is 6.61 Å². The van der Waals surface area contributed by atoms with Crippen molar-refractivity contribution in [1.29, 1.82) is 0 Å². The van der Waals surface area contributed by atoms with Crippen LogP contribution in [0.15, 0.2) is 48.5 Å². The molecule has 2 aliphatic rings. The smallest absolute Gasteiger partial charge is 0.407 e. The van der Waals surface area contributed by atoms with Gasteiger partial charge in [-0.25, -0.2) is 4.79 Å². The Kier molecular flexibility index (Phi) is 7.17. The molecule has 0 spiro atoms. The molecule has 1 heterocycles. The largest absolute Gasteiger partial charge is 0.481 e. The van der Waals surface area contributed by atoms with Gasteiger partial charge in [0.25, 0.3) is 0 Å². The molecule has 0 bridgehead atoms. The van der Waals surface area contributed by atoms with Crippen LogP contribution in [-0.4, -0.2) is 66.9 Å². The van der Waals surface area contributed by atoms with Gasteiger partial charge in [-0.05, 0) is 35.6 Å². The number of ether oxygens (including phenoxy) is 2. The van der Waals surface area contributed by atoms with E-state index < -0.39 is 24.1 Å². The van der Waals surface area contributed by atoms with Crippen molar-refractivity contribution in [3.05, 3.63) is 59.7 Å². The van der Waals surface area contributed by atoms with Gasteiger partial charge in [0.15, 0.2) is 0 Å². The number of carbonyl (C=O) groups is 3. The van der Waals surface area contributed by atoms with E-state index in [0.29, 0.717) is 13.0 Å². The van der Waals surface area contributed by atoms with Crippen LogP contribution in [0.5, 0.6) is 0 Å². The third kappa shape index (κ3) is 4.77. The lowest BCUT2D eigenvalue weighted by Crippen LogP contribution is -2.41. The molecule has 0 aromatic heterocycles. The molecule has 1 aliphatic carbocycles. The topological polar surface area (TPSA) is 105 Å². The summed E-state index contributed by atoms with van der Waals surface area (Å²) in [6, 6.07) is 15.9. The first kappa shape index (κ1) is 23.8. The van der Waals surface area contributed by atoms with Crippen LogP contribution >= 0.6 is 0 Å². The molecule has 2 amide bonds. The Labute approximate surface area is 198 Å². The Bertz CT molecular complexity index is 1030. The Balaban J connectivity index is 1.28. The second kappa shape index (κ2) is 10.3. The highest BCUT2D eigenvalue weighted by Gasteiger charge is 2.38. The summed E-state index contributed by atoms with van der Waals surface area (Å²) in [7, 11) is 1.48. The maximum atomic E-state index is 12.7. The lowest BCUT2D eigenvalue weighted by atomic mass is 9.98. The van der Waals surface area contributed by atoms with Gasteiger partial charge in [0.2, 0.25) is 5.91 Å². The molecule has 8 heteroatoms. The fourth-order valence-electron chi connectivity index (χ4n) is 5.02. The number of alkyl carbamates (subject to hydrolysis) is 1. The maximum absolute atomic E-state index is 12.7. The SMILES string of the molecule is COC(CNC(=O)OCC1c2ccccc2-c2ccccc21)CC(=O)N1CCC(C(=O)O)C1C. The van der Waals surface area contributed by atoms with Crippen LogP contribution in [0.4, 0.5) is 4.79 Å². The number of hydrogen-bond donors (Lipinski definition) is 2. The zero-order valence-electron chi connectivity index (χ0n) is 19.4. The maximum Gasteiger partial charge on any atom is 0.407 e. The molecule has 0 saturated carbocycles. The van der Waals surface area contributed by atoms with Crippen molar-refractivity contribution in [2.75, 3.05) is 26.8 Å². The van der Waals surface area contributed by atoms with Gasteiger partial charge >= 0.3 is 12.1 Å². The Morgan fingerprint density at radius 2 is 1.71 bits per heavy atom. The summed E-state index contributed by atoms with van der Waals surface area (Å²) in [6.45, 7) is 2.48. The van der Waals surface area contributed by atoms with Crippen molar-refractivity contribution < 1.29 is 29.0 Å². The van der Waals surface area contributed by atoms with E-state index in [2.05, 4.69) is 29.6 Å². The summed E-state index contributed by atoms with van der Waals surface area (Å²) in [5.41, 5.74) is 4.59. The zero-order chi connectivity index (χ0) is 24.2. The van der Waals surface area contributed by atoms with Crippen molar-refractivity contribution in [2.45, 2.75) is 37.8 Å². The molecular weight excluding hydrogens is 436 g/mol. The number of aliphatic carboxylic acids is 1. The predicted octanol–water partition coefficient (Wildman–Crippen LogP) is 3.25. The molecular formula is C26H30N2O6. The van der Waals surface area contributed by atoms with Crippen molar-refractivity contribution in [3.63, 3.8) is 0 Å². The molecule has 8 nitrogen and oxygen atoms in total. The molecule has 1 aliphatic heterocycles. The average molecular weight is 467 g/mol. The van der Waals surface area contributed by atoms with Crippen molar-refractivity contribution in [3.8, 4) is 11.1 Å². The van der Waals surface area contributed by atoms with E-state index in [1.54, 1.807) is 11.8 Å². The number of hydrogen-bond acceptors (Lipinski definition) is 5. The average Bonchev–Trinajstić information content (AvgIpc) is 3.38. The van der Waals surface area contributed by atoms with Gasteiger partial charge in [-0.15, -0.1) is 0 Å². The molecule has 34 heavy (non-hydrogen) atoms. The number of carboxylic acids is 1. The normalized spacial score (nSPS) is 19.9. The fourth-order valence-corrected chi connectivity index (χ4v) is 5.02. The number of rotatable bonds is 8. The number of nitrogens with one attached hydrogen (secondary N) is 1. The van der Waals surface area contributed by atoms with Gasteiger partial charge in [0, 0.05) is 32.2 Å². The lowest BCUT2D eigenvalue weighted by Gasteiger charge is -2.25. The molecule has 3 unspecified atom stereocenters. The van der Waals surface area contributed by atoms with E-state index >= 15 is 0 Å². The van der Waals surface area contributed by atoms with E-state index in [9.17, 15) is 19.5 Å². The van der Waals surface area contributed by atoms with Crippen molar-refractivity contribution in [1.82, 2.24) is 10.2 Å². The summed E-state index contributed by atoms with van der Waals surface area (Å²) in [5.74, 6) is -1.65. The molecule has 1 fully saturated rings. The van der Waals surface area contributed by atoms with Gasteiger partial charge in [0.05, 0.1) is 18.4 Å². The summed E-state index contributed by atoms with van der Waals surface area (Å²) in [4.78, 5) is 38.0. The number of carbonyl (C=O) groups excluding carboxylic acids is 2. The zero-order valence-corrected chi connectivity index (χ0v) is 19.4. The number of amides is 2. The van der Waals surface area contributed by atoms with Crippen LogP contribution < -0.4 is 5.32 Å². The number of methoxy groups -OCH3 is 1. The standard InChI is InChI=1S/C26H30N2O6/c1-16-18(25(30)31)11-12-28(16)24(29)13-17(33-2)14-27-26(32)34-15-23-21-9-5-3-7-19(21)20-8-4-6-10-22(20)23/h3-10,16-18,23H,11-15H2,1-2H3,(H,27,32)(H,30,31). The number of likely N-dealkylation sites (tertiary alicyclic amines) is 1. The minimum absolute atomic E-state index is 0.0308. The highest BCUT2D eigenvalue weighted by molar-refractivity contribution is 5.80. The van der Waals surface area contributed by atoms with Crippen LogP contribution in [0.3, 0.4) is 0 Å². The molecule has 2 aromatic carbocycles. The summed E-state index contributed by atoms with van der Waals surface area (Å²) in [5, 5.41) is 12.0. The van der Waals surface area contributed by atoms with E-state index in [1.807, 2.05) is 24.3 Å².